The quantitative estimate of drug-likeness (QED) is 0.435. The minimum atomic E-state index is 0.0413. The van der Waals surface area contributed by atoms with Gasteiger partial charge in [0.1, 0.15) is 23.0 Å². The topological polar surface area (TPSA) is 21.7 Å². The van der Waals surface area contributed by atoms with E-state index in [4.69, 9.17) is 9.47 Å². The highest BCUT2D eigenvalue weighted by atomic mass is 16.5. The van der Waals surface area contributed by atoms with Gasteiger partial charge in [-0.25, -0.2) is 0 Å². The number of hydrogen-bond donors (Lipinski definition) is 0. The van der Waals surface area contributed by atoms with Crippen LogP contribution in [0, 0.1) is 6.92 Å². The second kappa shape index (κ2) is 8.69. The van der Waals surface area contributed by atoms with E-state index in [1.165, 1.54) is 16.8 Å². The number of aryl methyl sites for hydroxylation is 1. The Morgan fingerprint density at radius 1 is 1.03 bits per heavy atom. The molecule has 0 atom stereocenters. The molecule has 3 nitrogen and oxygen atoms in total. The van der Waals surface area contributed by atoms with Crippen LogP contribution in [0.4, 0.5) is 5.69 Å². The van der Waals surface area contributed by atoms with E-state index in [-0.39, 0.29) is 10.8 Å². The van der Waals surface area contributed by atoms with Crippen molar-refractivity contribution in [2.24, 2.45) is 0 Å². The van der Waals surface area contributed by atoms with Gasteiger partial charge >= 0.3 is 0 Å². The summed E-state index contributed by atoms with van der Waals surface area (Å²) >= 11 is 0. The molecule has 0 aliphatic carbocycles. The Morgan fingerprint density at radius 2 is 1.68 bits per heavy atom. The van der Waals surface area contributed by atoms with Crippen LogP contribution in [-0.2, 0) is 10.8 Å². The summed E-state index contributed by atoms with van der Waals surface area (Å²) in [6, 6.07) is 10.3. The molecule has 0 amide bonds. The Morgan fingerprint density at radius 3 is 2.35 bits per heavy atom. The highest BCUT2D eigenvalue weighted by Crippen LogP contribution is 2.55. The maximum absolute atomic E-state index is 6.48. The van der Waals surface area contributed by atoms with Gasteiger partial charge in [-0.1, -0.05) is 72.9 Å². The third kappa shape index (κ3) is 3.96. The van der Waals surface area contributed by atoms with Gasteiger partial charge in [-0.2, -0.15) is 0 Å². The average Bonchev–Trinajstić information content (AvgIpc) is 2.79. The predicted octanol–water partition coefficient (Wildman–Crippen LogP) is 8.07. The lowest BCUT2D eigenvalue weighted by Crippen LogP contribution is -2.45. The first-order valence-electron chi connectivity index (χ1n) is 12.6. The molecule has 0 fully saturated rings. The molecule has 5 rings (SSSR count). The summed E-state index contributed by atoms with van der Waals surface area (Å²) in [5.74, 6) is 2.90. The molecule has 34 heavy (non-hydrogen) atoms. The second-order valence-electron chi connectivity index (χ2n) is 10.7. The standard InChI is InChI=1S/C29H33NO2.C2H6/c1-18-10-8-9-11-24(18)31-19(2)22-16-21-17-23-26-25(27(21)32-20(22)3)29(6,7)13-15-30(26)14-12-28(23,4)5;1-2/h8-11,16-17H,2-3,12-15H2,1,4-7H3;1-2H3. The van der Waals surface area contributed by atoms with Crippen molar-refractivity contribution in [3.05, 3.63) is 82.8 Å². The Balaban J connectivity index is 0.00000133. The van der Waals surface area contributed by atoms with E-state index >= 15 is 0 Å². The first-order chi connectivity index (χ1) is 16.1. The Kier molecular flexibility index (Phi) is 6.18. The van der Waals surface area contributed by atoms with Crippen LogP contribution in [0.25, 0.3) is 6.08 Å². The zero-order valence-corrected chi connectivity index (χ0v) is 22.0. The van der Waals surface area contributed by atoms with Crippen LogP contribution in [0.15, 0.2) is 60.6 Å². The molecular formula is C31H39NO2. The van der Waals surface area contributed by atoms with Gasteiger partial charge in [-0.3, -0.25) is 0 Å². The van der Waals surface area contributed by atoms with E-state index in [1.54, 1.807) is 0 Å². The molecule has 0 saturated heterocycles. The van der Waals surface area contributed by atoms with Gasteiger partial charge in [-0.05, 0) is 59.9 Å². The van der Waals surface area contributed by atoms with Gasteiger partial charge in [0.05, 0.1) is 5.57 Å². The van der Waals surface area contributed by atoms with Crippen LogP contribution in [0.2, 0.25) is 0 Å². The highest BCUT2D eigenvalue weighted by molar-refractivity contribution is 5.81. The number of fused-ring (bicyclic) bond motifs is 2. The van der Waals surface area contributed by atoms with Gasteiger partial charge < -0.3 is 14.4 Å². The molecule has 0 radical (unpaired) electrons. The van der Waals surface area contributed by atoms with Crippen molar-refractivity contribution in [3.63, 3.8) is 0 Å². The fraction of sp³-hybridized carbons (Fsp3) is 0.419. The van der Waals surface area contributed by atoms with Crippen LogP contribution in [0.3, 0.4) is 0 Å². The lowest BCUT2D eigenvalue weighted by molar-refractivity contribution is 0.363. The molecular weight excluding hydrogens is 418 g/mol. The minimum Gasteiger partial charge on any atom is -0.457 e. The van der Waals surface area contributed by atoms with E-state index in [0.29, 0.717) is 11.5 Å². The number of nitrogens with zero attached hydrogens (tertiary/aromatic N) is 1. The van der Waals surface area contributed by atoms with Gasteiger partial charge in [-0.15, -0.1) is 0 Å². The molecule has 0 N–H and O–H groups in total. The summed E-state index contributed by atoms with van der Waals surface area (Å²) in [7, 11) is 0. The normalized spacial score (nSPS) is 19.0. The van der Waals surface area contributed by atoms with E-state index in [9.17, 15) is 0 Å². The zero-order chi connectivity index (χ0) is 24.8. The van der Waals surface area contributed by atoms with Crippen molar-refractivity contribution in [2.75, 3.05) is 18.0 Å². The fourth-order valence-corrected chi connectivity index (χ4v) is 5.30. The summed E-state index contributed by atoms with van der Waals surface area (Å²) in [5, 5.41) is 0. The molecule has 2 aromatic carbocycles. The highest BCUT2D eigenvalue weighted by Gasteiger charge is 2.43. The third-order valence-corrected chi connectivity index (χ3v) is 7.47. The number of rotatable bonds is 3. The predicted molar refractivity (Wildman–Crippen MR) is 144 cm³/mol. The smallest absolute Gasteiger partial charge is 0.140 e. The summed E-state index contributed by atoms with van der Waals surface area (Å²) in [4.78, 5) is 2.56. The maximum Gasteiger partial charge on any atom is 0.140 e. The zero-order valence-electron chi connectivity index (χ0n) is 22.0. The van der Waals surface area contributed by atoms with Crippen molar-refractivity contribution in [1.82, 2.24) is 0 Å². The van der Waals surface area contributed by atoms with Crippen molar-refractivity contribution in [3.8, 4) is 11.5 Å². The number of para-hydroxylation sites is 1. The fourth-order valence-electron chi connectivity index (χ4n) is 5.30. The molecule has 0 bridgehead atoms. The van der Waals surface area contributed by atoms with E-state index in [1.807, 2.05) is 45.0 Å². The van der Waals surface area contributed by atoms with Gasteiger partial charge in [0, 0.05) is 29.9 Å². The Labute approximate surface area is 205 Å². The molecule has 0 saturated carbocycles. The number of anilines is 1. The van der Waals surface area contributed by atoms with E-state index in [2.05, 4.69) is 57.9 Å². The molecule has 3 heterocycles. The number of ether oxygens (including phenoxy) is 2. The molecule has 3 aliphatic rings. The van der Waals surface area contributed by atoms with Crippen molar-refractivity contribution in [2.45, 2.75) is 72.1 Å². The molecule has 0 unspecified atom stereocenters. The lowest BCUT2D eigenvalue weighted by atomic mass is 9.68. The molecule has 3 heteroatoms. The van der Waals surface area contributed by atoms with Crippen LogP contribution in [0.1, 0.15) is 76.6 Å². The van der Waals surface area contributed by atoms with Crippen LogP contribution in [-0.4, -0.2) is 13.1 Å². The van der Waals surface area contributed by atoms with Gasteiger partial charge in [0.2, 0.25) is 0 Å². The van der Waals surface area contributed by atoms with Crippen molar-refractivity contribution >= 4 is 11.8 Å². The number of benzene rings is 2. The molecule has 0 spiro atoms. The van der Waals surface area contributed by atoms with Crippen molar-refractivity contribution in [1.29, 1.82) is 0 Å². The molecule has 0 aromatic heterocycles. The lowest BCUT2D eigenvalue weighted by Gasteiger charge is -2.49. The van der Waals surface area contributed by atoms with Crippen LogP contribution >= 0.6 is 0 Å². The van der Waals surface area contributed by atoms with Crippen LogP contribution in [0.5, 0.6) is 11.5 Å². The summed E-state index contributed by atoms with van der Waals surface area (Å²) in [6.45, 7) is 26.1. The molecule has 180 valence electrons. The number of hydrogen-bond acceptors (Lipinski definition) is 3. The molecule has 2 aromatic rings. The second-order valence-corrected chi connectivity index (χ2v) is 10.7. The largest absolute Gasteiger partial charge is 0.457 e. The molecule has 3 aliphatic heterocycles. The SMILES string of the molecule is C=C(Oc1ccccc1C)C1=Cc2cc3c4c(c2OC1=C)C(C)(C)CCN4CCC3(C)C.CC. The van der Waals surface area contributed by atoms with Crippen molar-refractivity contribution < 1.29 is 9.47 Å². The first-order valence-corrected chi connectivity index (χ1v) is 12.6. The first kappa shape index (κ1) is 24.2. The van der Waals surface area contributed by atoms with E-state index < -0.39 is 0 Å². The minimum absolute atomic E-state index is 0.0413. The Bertz CT molecular complexity index is 1180. The van der Waals surface area contributed by atoms with Gasteiger partial charge in [0.25, 0.3) is 0 Å². The Hall–Kier alpha value is -2.94. The maximum atomic E-state index is 6.48. The third-order valence-electron chi connectivity index (χ3n) is 7.47. The summed E-state index contributed by atoms with van der Waals surface area (Å²) in [6.07, 6.45) is 4.43. The van der Waals surface area contributed by atoms with E-state index in [0.717, 1.165) is 54.1 Å². The summed E-state index contributed by atoms with van der Waals surface area (Å²) in [5.41, 5.74) is 7.27. The summed E-state index contributed by atoms with van der Waals surface area (Å²) < 4.78 is 12.6. The van der Waals surface area contributed by atoms with Gasteiger partial charge in [0.15, 0.2) is 0 Å². The van der Waals surface area contributed by atoms with Crippen LogP contribution < -0.4 is 14.4 Å². The average molecular weight is 458 g/mol. The monoisotopic (exact) mass is 457 g/mol.